The molecule has 1 heterocycles. The highest BCUT2D eigenvalue weighted by Gasteiger charge is 2.30. The van der Waals surface area contributed by atoms with E-state index >= 15 is 0 Å². The van der Waals surface area contributed by atoms with Crippen molar-refractivity contribution in [3.63, 3.8) is 0 Å². The van der Waals surface area contributed by atoms with Crippen molar-refractivity contribution in [2.45, 2.75) is 6.61 Å². The number of esters is 1. The number of hydrogen-bond acceptors (Lipinski definition) is 5. The number of rotatable bonds is 3. The van der Waals surface area contributed by atoms with Gasteiger partial charge in [0, 0.05) is 10.9 Å². The Morgan fingerprint density at radius 1 is 0.960 bits per heavy atom. The van der Waals surface area contributed by atoms with E-state index in [1.54, 1.807) is 14.2 Å². The third-order valence-corrected chi connectivity index (χ3v) is 4.58. The van der Waals surface area contributed by atoms with Crippen molar-refractivity contribution in [3.8, 4) is 22.6 Å². The van der Waals surface area contributed by atoms with E-state index in [4.69, 9.17) is 19.9 Å². The molecule has 4 rings (SSSR count). The Morgan fingerprint density at radius 2 is 1.68 bits per heavy atom. The second-order valence-electron chi connectivity index (χ2n) is 5.83. The van der Waals surface area contributed by atoms with Gasteiger partial charge in [-0.15, -0.1) is 0 Å². The molecular formula is C20H17NO4. The zero-order valence-corrected chi connectivity index (χ0v) is 14.0. The molecule has 0 bridgehead atoms. The molecule has 1 aliphatic rings. The van der Waals surface area contributed by atoms with Crippen LogP contribution in [-0.4, -0.2) is 20.2 Å². The van der Waals surface area contributed by atoms with Crippen LogP contribution in [0, 0.1) is 0 Å². The minimum absolute atomic E-state index is 0.215. The molecule has 0 aromatic heterocycles. The zero-order chi connectivity index (χ0) is 17.6. The normalized spacial score (nSPS) is 12.8. The van der Waals surface area contributed by atoms with Gasteiger partial charge in [-0.2, -0.15) is 0 Å². The van der Waals surface area contributed by atoms with Crippen LogP contribution in [-0.2, 0) is 11.3 Å². The molecule has 0 aliphatic carbocycles. The lowest BCUT2D eigenvalue weighted by molar-refractivity contribution is 0.0536. The highest BCUT2D eigenvalue weighted by molar-refractivity contribution is 6.14. The van der Waals surface area contributed by atoms with Crippen LogP contribution in [0.3, 0.4) is 0 Å². The highest BCUT2D eigenvalue weighted by Crippen LogP contribution is 2.43. The van der Waals surface area contributed by atoms with Crippen LogP contribution in [0.25, 0.3) is 21.9 Å². The Bertz CT molecular complexity index is 1010. The molecule has 0 unspecified atom stereocenters. The van der Waals surface area contributed by atoms with Crippen molar-refractivity contribution in [2.75, 3.05) is 20.0 Å². The molecule has 0 amide bonds. The maximum atomic E-state index is 12.2. The van der Waals surface area contributed by atoms with Gasteiger partial charge in [0.1, 0.15) is 6.61 Å². The Hall–Kier alpha value is -3.21. The molecule has 0 atom stereocenters. The van der Waals surface area contributed by atoms with E-state index in [0.717, 1.165) is 27.5 Å². The molecule has 0 fully saturated rings. The quantitative estimate of drug-likeness (QED) is 0.583. The summed E-state index contributed by atoms with van der Waals surface area (Å²) in [5.74, 6) is 0.898. The lowest BCUT2D eigenvalue weighted by Crippen LogP contribution is -2.03. The molecular weight excluding hydrogens is 318 g/mol. The van der Waals surface area contributed by atoms with Crippen LogP contribution in [0.1, 0.15) is 15.9 Å². The summed E-state index contributed by atoms with van der Waals surface area (Å²) in [6.07, 6.45) is 0. The minimum atomic E-state index is -0.375. The third kappa shape index (κ3) is 2.20. The summed E-state index contributed by atoms with van der Waals surface area (Å²) in [5, 5.41) is 1.81. The standard InChI is InChI=1S/C20H17NO4/c1-23-15-8-7-11(9-16(15)24-2)17-12-5-3-4-6-13(12)19(21)18-14(17)10-25-20(18)22/h3-9H,10,21H2,1-2H3. The van der Waals surface area contributed by atoms with Crippen molar-refractivity contribution in [1.29, 1.82) is 0 Å². The minimum Gasteiger partial charge on any atom is -0.493 e. The van der Waals surface area contributed by atoms with Gasteiger partial charge in [0.05, 0.1) is 25.5 Å². The number of hydrogen-bond donors (Lipinski definition) is 1. The van der Waals surface area contributed by atoms with Gasteiger partial charge < -0.3 is 19.9 Å². The summed E-state index contributed by atoms with van der Waals surface area (Å²) in [4.78, 5) is 12.2. The Morgan fingerprint density at radius 3 is 2.40 bits per heavy atom. The molecule has 126 valence electrons. The van der Waals surface area contributed by atoms with E-state index in [1.807, 2.05) is 42.5 Å². The summed E-state index contributed by atoms with van der Waals surface area (Å²) >= 11 is 0. The van der Waals surface area contributed by atoms with Gasteiger partial charge in [-0.25, -0.2) is 4.79 Å². The third-order valence-electron chi connectivity index (χ3n) is 4.58. The van der Waals surface area contributed by atoms with E-state index in [1.165, 1.54) is 0 Å². The smallest absolute Gasteiger partial charge is 0.341 e. The summed E-state index contributed by atoms with van der Waals surface area (Å²) < 4.78 is 16.0. The van der Waals surface area contributed by atoms with Gasteiger partial charge in [0.15, 0.2) is 11.5 Å². The number of nitrogens with two attached hydrogens (primary N) is 1. The first-order valence-electron chi connectivity index (χ1n) is 7.88. The monoisotopic (exact) mass is 335 g/mol. The molecule has 5 nitrogen and oxygen atoms in total. The predicted molar refractivity (Wildman–Crippen MR) is 96.0 cm³/mol. The first-order valence-corrected chi connectivity index (χ1v) is 7.88. The highest BCUT2D eigenvalue weighted by atomic mass is 16.5. The molecule has 1 aliphatic heterocycles. The van der Waals surface area contributed by atoms with Crippen LogP contribution >= 0.6 is 0 Å². The number of fused-ring (bicyclic) bond motifs is 2. The average molecular weight is 335 g/mol. The average Bonchev–Trinajstić information content (AvgIpc) is 3.03. The summed E-state index contributed by atoms with van der Waals surface area (Å²) in [6, 6.07) is 13.5. The second kappa shape index (κ2) is 5.70. The van der Waals surface area contributed by atoms with Gasteiger partial charge in [-0.05, 0) is 28.6 Å². The van der Waals surface area contributed by atoms with Crippen LogP contribution in [0.2, 0.25) is 0 Å². The van der Waals surface area contributed by atoms with Crippen molar-refractivity contribution >= 4 is 22.4 Å². The topological polar surface area (TPSA) is 70.8 Å². The summed E-state index contributed by atoms with van der Waals surface area (Å²) in [5.41, 5.74) is 9.87. The van der Waals surface area contributed by atoms with E-state index in [0.29, 0.717) is 22.7 Å². The number of anilines is 1. The lowest BCUT2D eigenvalue weighted by atomic mass is 9.89. The van der Waals surface area contributed by atoms with Gasteiger partial charge >= 0.3 is 5.97 Å². The lowest BCUT2D eigenvalue weighted by Gasteiger charge is -2.16. The Labute approximate surface area is 144 Å². The molecule has 0 radical (unpaired) electrons. The van der Waals surface area contributed by atoms with E-state index in [-0.39, 0.29) is 12.6 Å². The van der Waals surface area contributed by atoms with E-state index in [2.05, 4.69) is 0 Å². The number of carbonyl (C=O) groups excluding carboxylic acids is 1. The number of cyclic esters (lactones) is 1. The first-order chi connectivity index (χ1) is 12.2. The Kier molecular flexibility index (Phi) is 3.50. The van der Waals surface area contributed by atoms with Crippen molar-refractivity contribution in [2.24, 2.45) is 0 Å². The fourth-order valence-corrected chi connectivity index (χ4v) is 3.43. The molecule has 0 saturated heterocycles. The molecule has 0 saturated carbocycles. The van der Waals surface area contributed by atoms with Crippen molar-refractivity contribution in [1.82, 2.24) is 0 Å². The molecule has 0 spiro atoms. The first kappa shape index (κ1) is 15.3. The van der Waals surface area contributed by atoms with Gasteiger partial charge in [-0.3, -0.25) is 0 Å². The van der Waals surface area contributed by atoms with E-state index < -0.39 is 0 Å². The molecule has 3 aromatic carbocycles. The SMILES string of the molecule is COc1ccc(-c2c3c(c(N)c4ccccc24)C(=O)OC3)cc1OC. The van der Waals surface area contributed by atoms with Crippen LogP contribution < -0.4 is 15.2 Å². The maximum Gasteiger partial charge on any atom is 0.341 e. The molecule has 25 heavy (non-hydrogen) atoms. The number of ether oxygens (including phenoxy) is 3. The second-order valence-corrected chi connectivity index (χ2v) is 5.83. The van der Waals surface area contributed by atoms with Gasteiger partial charge in [-0.1, -0.05) is 30.3 Å². The van der Waals surface area contributed by atoms with Crippen LogP contribution in [0.4, 0.5) is 5.69 Å². The molecule has 2 N–H and O–H groups in total. The Balaban J connectivity index is 2.09. The molecule has 5 heteroatoms. The van der Waals surface area contributed by atoms with Gasteiger partial charge in [0.2, 0.25) is 0 Å². The molecule has 3 aromatic rings. The summed E-state index contributed by atoms with van der Waals surface area (Å²) in [7, 11) is 3.19. The number of carbonyl (C=O) groups is 1. The fraction of sp³-hybridized carbons (Fsp3) is 0.150. The van der Waals surface area contributed by atoms with Crippen LogP contribution in [0.5, 0.6) is 11.5 Å². The van der Waals surface area contributed by atoms with Crippen molar-refractivity contribution in [3.05, 3.63) is 53.6 Å². The van der Waals surface area contributed by atoms with E-state index in [9.17, 15) is 4.79 Å². The zero-order valence-electron chi connectivity index (χ0n) is 14.0. The predicted octanol–water partition coefficient (Wildman–Crippen LogP) is 3.78. The number of nitrogen functional groups attached to an aromatic ring is 1. The summed E-state index contributed by atoms with van der Waals surface area (Å²) in [6.45, 7) is 0.215. The van der Waals surface area contributed by atoms with Gasteiger partial charge in [0.25, 0.3) is 0 Å². The number of methoxy groups -OCH3 is 2. The maximum absolute atomic E-state index is 12.2. The number of benzene rings is 3. The fourth-order valence-electron chi connectivity index (χ4n) is 3.43. The largest absolute Gasteiger partial charge is 0.493 e. The van der Waals surface area contributed by atoms with Crippen molar-refractivity contribution < 1.29 is 19.0 Å². The van der Waals surface area contributed by atoms with Crippen LogP contribution in [0.15, 0.2) is 42.5 Å².